The maximum absolute atomic E-state index is 9.49. The van der Waals surface area contributed by atoms with Crippen molar-refractivity contribution in [2.75, 3.05) is 6.61 Å². The van der Waals surface area contributed by atoms with Gasteiger partial charge in [0.15, 0.2) is 0 Å². The summed E-state index contributed by atoms with van der Waals surface area (Å²) in [5.41, 5.74) is 2.96. The third kappa shape index (κ3) is 4.36. The molecule has 0 aliphatic rings. The fourth-order valence-corrected chi connectivity index (χ4v) is 3.27. The highest BCUT2D eigenvalue weighted by Gasteiger charge is 2.16. The number of aromatic nitrogens is 4. The summed E-state index contributed by atoms with van der Waals surface area (Å²) in [7, 11) is -1.13. The highest BCUT2D eigenvalue weighted by molar-refractivity contribution is 6.76. The summed E-state index contributed by atoms with van der Waals surface area (Å²) in [6.45, 7) is 8.00. The Morgan fingerprint density at radius 3 is 2.60 bits per heavy atom. The van der Waals surface area contributed by atoms with Gasteiger partial charge in [0.1, 0.15) is 29.2 Å². The molecule has 0 aliphatic heterocycles. The molecule has 2 aromatic heterocycles. The molecule has 0 fully saturated rings. The van der Waals surface area contributed by atoms with Gasteiger partial charge in [-0.3, -0.25) is 0 Å². The summed E-state index contributed by atoms with van der Waals surface area (Å²) >= 11 is 5.96. The van der Waals surface area contributed by atoms with Crippen LogP contribution in [0.1, 0.15) is 0 Å². The Kier molecular flexibility index (Phi) is 5.08. The van der Waals surface area contributed by atoms with Crippen molar-refractivity contribution in [1.82, 2.24) is 19.7 Å². The van der Waals surface area contributed by atoms with E-state index in [0.717, 1.165) is 17.1 Å². The molecule has 3 rings (SSSR count). The van der Waals surface area contributed by atoms with Crippen LogP contribution in [0.5, 0.6) is 5.75 Å². The fourth-order valence-electron chi connectivity index (χ4n) is 2.38. The van der Waals surface area contributed by atoms with Gasteiger partial charge in [0, 0.05) is 20.2 Å². The molecular formula is C17H21ClN4O2Si. The Morgan fingerprint density at radius 1 is 1.20 bits per heavy atom. The van der Waals surface area contributed by atoms with Gasteiger partial charge in [0.05, 0.1) is 6.20 Å². The number of fused-ring (bicyclic) bond motifs is 1. The van der Waals surface area contributed by atoms with Crippen LogP contribution in [0, 0.1) is 0 Å². The molecule has 2 heterocycles. The Hall–Kier alpha value is -1.96. The molecule has 3 aromatic rings. The van der Waals surface area contributed by atoms with E-state index < -0.39 is 8.07 Å². The van der Waals surface area contributed by atoms with Crippen molar-refractivity contribution in [3.8, 4) is 17.0 Å². The molecule has 0 radical (unpaired) electrons. The first-order valence-electron chi connectivity index (χ1n) is 8.10. The minimum Gasteiger partial charge on any atom is -0.508 e. The number of phenols is 1. The molecule has 1 N–H and O–H groups in total. The number of aromatic hydroxyl groups is 1. The minimum atomic E-state index is -1.13. The number of phenolic OH excluding ortho intramolecular Hbond substituents is 1. The highest BCUT2D eigenvalue weighted by Crippen LogP contribution is 2.28. The van der Waals surface area contributed by atoms with Gasteiger partial charge in [-0.15, -0.1) is 0 Å². The van der Waals surface area contributed by atoms with Crippen molar-refractivity contribution >= 4 is 30.7 Å². The Labute approximate surface area is 152 Å². The number of hydrogen-bond acceptors (Lipinski definition) is 5. The second kappa shape index (κ2) is 7.11. The molecule has 0 atom stereocenters. The zero-order valence-corrected chi connectivity index (χ0v) is 16.3. The van der Waals surface area contributed by atoms with E-state index in [2.05, 4.69) is 34.7 Å². The first-order chi connectivity index (χ1) is 11.8. The summed E-state index contributed by atoms with van der Waals surface area (Å²) < 4.78 is 7.56. The molecule has 0 spiro atoms. The Morgan fingerprint density at radius 2 is 1.92 bits per heavy atom. The number of benzene rings is 1. The molecule has 0 bridgehead atoms. The van der Waals surface area contributed by atoms with E-state index in [-0.39, 0.29) is 11.0 Å². The zero-order chi connectivity index (χ0) is 18.0. The third-order valence-electron chi connectivity index (χ3n) is 3.81. The summed E-state index contributed by atoms with van der Waals surface area (Å²) in [5.74, 6) is 0.204. The summed E-state index contributed by atoms with van der Waals surface area (Å²) in [5, 5.41) is 14.3. The van der Waals surface area contributed by atoms with E-state index in [4.69, 9.17) is 16.3 Å². The SMILES string of the molecule is C[Si](C)(C)CCOCn1nc(-c2ccc(O)cc2)c2nc(Cl)ncc21. The average Bonchev–Trinajstić information content (AvgIpc) is 2.89. The van der Waals surface area contributed by atoms with Crippen molar-refractivity contribution in [2.45, 2.75) is 32.4 Å². The van der Waals surface area contributed by atoms with Gasteiger partial charge in [0.2, 0.25) is 5.28 Å². The Balaban J connectivity index is 1.90. The van der Waals surface area contributed by atoms with Gasteiger partial charge in [-0.05, 0) is 41.9 Å². The van der Waals surface area contributed by atoms with Gasteiger partial charge in [-0.2, -0.15) is 5.10 Å². The van der Waals surface area contributed by atoms with E-state index in [1.165, 1.54) is 0 Å². The van der Waals surface area contributed by atoms with Crippen LogP contribution in [-0.2, 0) is 11.5 Å². The van der Waals surface area contributed by atoms with E-state index in [0.29, 0.717) is 24.5 Å². The van der Waals surface area contributed by atoms with Crippen LogP contribution in [0.2, 0.25) is 31.0 Å². The minimum absolute atomic E-state index is 0.173. The lowest BCUT2D eigenvalue weighted by Crippen LogP contribution is -2.22. The van der Waals surface area contributed by atoms with Crippen molar-refractivity contribution in [3.63, 3.8) is 0 Å². The third-order valence-corrected chi connectivity index (χ3v) is 5.70. The van der Waals surface area contributed by atoms with E-state index >= 15 is 0 Å². The molecule has 0 amide bonds. The molecular weight excluding hydrogens is 356 g/mol. The van der Waals surface area contributed by atoms with Crippen LogP contribution in [0.15, 0.2) is 30.5 Å². The van der Waals surface area contributed by atoms with E-state index in [1.54, 1.807) is 35.1 Å². The van der Waals surface area contributed by atoms with Gasteiger partial charge in [-0.25, -0.2) is 14.6 Å². The molecule has 25 heavy (non-hydrogen) atoms. The number of rotatable bonds is 6. The quantitative estimate of drug-likeness (QED) is 0.397. The molecule has 0 unspecified atom stereocenters. The summed E-state index contributed by atoms with van der Waals surface area (Å²) in [6, 6.07) is 7.92. The van der Waals surface area contributed by atoms with Gasteiger partial charge in [0.25, 0.3) is 0 Å². The van der Waals surface area contributed by atoms with Crippen molar-refractivity contribution in [3.05, 3.63) is 35.7 Å². The van der Waals surface area contributed by atoms with Gasteiger partial charge < -0.3 is 9.84 Å². The lowest BCUT2D eigenvalue weighted by molar-refractivity contribution is 0.0818. The van der Waals surface area contributed by atoms with Crippen LogP contribution in [0.3, 0.4) is 0 Å². The van der Waals surface area contributed by atoms with Gasteiger partial charge in [-0.1, -0.05) is 19.6 Å². The number of halogens is 1. The summed E-state index contributed by atoms with van der Waals surface area (Å²) in [6.07, 6.45) is 1.66. The second-order valence-corrected chi connectivity index (χ2v) is 13.1. The van der Waals surface area contributed by atoms with Crippen LogP contribution in [0.25, 0.3) is 22.3 Å². The number of hydrogen-bond donors (Lipinski definition) is 1. The van der Waals surface area contributed by atoms with Crippen LogP contribution in [-0.4, -0.2) is 39.5 Å². The topological polar surface area (TPSA) is 73.1 Å². The zero-order valence-electron chi connectivity index (χ0n) is 14.5. The summed E-state index contributed by atoms with van der Waals surface area (Å²) in [4.78, 5) is 8.38. The predicted octanol–water partition coefficient (Wildman–Crippen LogP) is 4.16. The van der Waals surface area contributed by atoms with Crippen molar-refractivity contribution < 1.29 is 9.84 Å². The lowest BCUT2D eigenvalue weighted by Gasteiger charge is -2.15. The van der Waals surface area contributed by atoms with Crippen molar-refractivity contribution in [2.24, 2.45) is 0 Å². The lowest BCUT2D eigenvalue weighted by atomic mass is 10.1. The molecule has 0 saturated heterocycles. The van der Waals surface area contributed by atoms with E-state index in [9.17, 15) is 5.11 Å². The monoisotopic (exact) mass is 376 g/mol. The first kappa shape index (κ1) is 17.8. The first-order valence-corrected chi connectivity index (χ1v) is 12.2. The molecule has 0 aliphatic carbocycles. The van der Waals surface area contributed by atoms with Gasteiger partial charge >= 0.3 is 0 Å². The maximum atomic E-state index is 9.49. The molecule has 1 aromatic carbocycles. The molecule has 6 nitrogen and oxygen atoms in total. The van der Waals surface area contributed by atoms with Crippen molar-refractivity contribution in [1.29, 1.82) is 0 Å². The number of ether oxygens (including phenoxy) is 1. The normalized spacial score (nSPS) is 12.0. The largest absolute Gasteiger partial charge is 0.508 e. The van der Waals surface area contributed by atoms with Crippen LogP contribution < -0.4 is 0 Å². The fraction of sp³-hybridized carbons (Fsp3) is 0.353. The second-order valence-electron chi connectivity index (χ2n) is 7.12. The van der Waals surface area contributed by atoms with E-state index in [1.807, 2.05) is 0 Å². The highest BCUT2D eigenvalue weighted by atomic mass is 35.5. The molecule has 132 valence electrons. The molecule has 8 heteroatoms. The Bertz CT molecular complexity index is 875. The number of nitrogens with zero attached hydrogens (tertiary/aromatic N) is 4. The van der Waals surface area contributed by atoms with Crippen LogP contribution >= 0.6 is 11.6 Å². The van der Waals surface area contributed by atoms with Crippen LogP contribution in [0.4, 0.5) is 0 Å². The smallest absolute Gasteiger partial charge is 0.223 e. The maximum Gasteiger partial charge on any atom is 0.223 e. The standard InChI is InChI=1S/C17H21ClN4O2Si/c1-25(2,3)9-8-24-11-22-14-10-19-17(18)20-16(14)15(21-22)12-4-6-13(23)7-5-12/h4-7,10,23H,8-9,11H2,1-3H3. The average molecular weight is 377 g/mol. The molecule has 0 saturated carbocycles. The predicted molar refractivity (Wildman–Crippen MR) is 102 cm³/mol.